The quantitative estimate of drug-likeness (QED) is 0.144. The van der Waals surface area contributed by atoms with E-state index in [-0.39, 0.29) is 61.5 Å². The molecule has 0 saturated carbocycles. The molecule has 1 fully saturated rings. The molecule has 5 rings (SSSR count). The van der Waals surface area contributed by atoms with E-state index in [1.54, 1.807) is 42.3 Å². The number of nitrogens with one attached hydrogen (secondary N) is 2. The van der Waals surface area contributed by atoms with Crippen LogP contribution in [0.15, 0.2) is 54.6 Å². The number of methoxy groups -OCH3 is 1. The number of rotatable bonds is 13. The molecule has 0 radical (unpaired) electrons. The minimum Gasteiger partial charge on any atom is -0.495 e. The normalized spacial score (nSPS) is 12.6. The van der Waals surface area contributed by atoms with Crippen LogP contribution >= 0.6 is 37.2 Å². The summed E-state index contributed by atoms with van der Waals surface area (Å²) >= 11 is 0. The Balaban J connectivity index is 0.00000300. The molecule has 15 heteroatoms. The van der Waals surface area contributed by atoms with Crippen LogP contribution in [0.2, 0.25) is 0 Å². The maximum Gasteiger partial charge on any atom is 0.258 e. The van der Waals surface area contributed by atoms with E-state index in [0.29, 0.717) is 63.9 Å². The maximum atomic E-state index is 13.7. The van der Waals surface area contributed by atoms with Gasteiger partial charge in [-0.1, -0.05) is 12.1 Å². The number of unbranched alkanes of at least 4 members (excludes halogenated alkanes) is 2. The number of likely N-dealkylation sites (N-methyl/N-ethyl adjacent to an activating group) is 1. The molecule has 0 atom stereocenters. The van der Waals surface area contributed by atoms with Crippen LogP contribution in [-0.4, -0.2) is 91.5 Å². The number of nitrogens with zero attached hydrogens (tertiary/aromatic N) is 4. The number of aromatic nitrogens is 2. The Labute approximate surface area is 317 Å². The van der Waals surface area contributed by atoms with Gasteiger partial charge in [0.05, 0.1) is 42.7 Å². The lowest BCUT2D eigenvalue weighted by molar-refractivity contribution is -0.132. The summed E-state index contributed by atoms with van der Waals surface area (Å²) in [6.45, 7) is 6.13. The predicted octanol–water partition coefficient (Wildman–Crippen LogP) is 5.85. The molecule has 0 bridgehead atoms. The lowest BCUT2D eigenvalue weighted by atomic mass is 10.1. The fourth-order valence-electron chi connectivity index (χ4n) is 5.75. The number of aryl methyl sites for hydroxylation is 1. The van der Waals surface area contributed by atoms with E-state index in [9.17, 15) is 14.4 Å². The summed E-state index contributed by atoms with van der Waals surface area (Å²) in [6, 6.07) is 15.9. The van der Waals surface area contributed by atoms with Crippen molar-refractivity contribution in [2.75, 3.05) is 64.2 Å². The van der Waals surface area contributed by atoms with Gasteiger partial charge >= 0.3 is 0 Å². The molecule has 0 unspecified atom stereocenters. The van der Waals surface area contributed by atoms with Crippen LogP contribution in [0, 0.1) is 6.92 Å². The fourth-order valence-corrected chi connectivity index (χ4v) is 5.75. The molecule has 12 nitrogen and oxygen atoms in total. The van der Waals surface area contributed by atoms with Gasteiger partial charge in [-0.15, -0.1) is 37.2 Å². The van der Waals surface area contributed by atoms with Gasteiger partial charge in [0.15, 0.2) is 0 Å². The van der Waals surface area contributed by atoms with Gasteiger partial charge < -0.3 is 40.2 Å². The van der Waals surface area contributed by atoms with Crippen molar-refractivity contribution < 1.29 is 23.9 Å². The molecule has 4 N–H and O–H groups in total. The van der Waals surface area contributed by atoms with Gasteiger partial charge in [-0.2, -0.15) is 0 Å². The largest absolute Gasteiger partial charge is 0.495 e. The van der Waals surface area contributed by atoms with Gasteiger partial charge in [-0.05, 0) is 81.3 Å². The molecule has 3 aromatic carbocycles. The van der Waals surface area contributed by atoms with Crippen molar-refractivity contribution in [2.45, 2.75) is 39.2 Å². The number of halogens is 3. The third kappa shape index (κ3) is 10.7. The number of carbonyl (C=O) groups excluding carboxylic acids is 3. The first-order valence-corrected chi connectivity index (χ1v) is 16.3. The molecule has 278 valence electrons. The third-order valence-electron chi connectivity index (χ3n) is 8.63. The minimum absolute atomic E-state index is 0. The highest BCUT2D eigenvalue weighted by Gasteiger charge is 2.22. The lowest BCUT2D eigenvalue weighted by Gasteiger charge is -2.32. The molecule has 1 aliphatic rings. The first-order valence-electron chi connectivity index (χ1n) is 16.3. The molecule has 51 heavy (non-hydrogen) atoms. The van der Waals surface area contributed by atoms with E-state index in [2.05, 4.69) is 27.2 Å². The Morgan fingerprint density at radius 3 is 2.41 bits per heavy atom. The van der Waals surface area contributed by atoms with Crippen LogP contribution in [0.25, 0.3) is 11.0 Å². The number of aromatic amines is 1. The first kappa shape index (κ1) is 43.1. The highest BCUT2D eigenvalue weighted by molar-refractivity contribution is 6.12. The summed E-state index contributed by atoms with van der Waals surface area (Å²) in [5.74, 6) is 1.13. The number of anilines is 2. The minimum atomic E-state index is -0.367. The molecule has 1 aliphatic heterocycles. The van der Waals surface area contributed by atoms with Crippen molar-refractivity contribution in [2.24, 2.45) is 5.73 Å². The molecule has 0 spiro atoms. The van der Waals surface area contributed by atoms with Crippen molar-refractivity contribution in [1.29, 1.82) is 0 Å². The molecule has 0 aliphatic carbocycles. The molecular formula is C36H48Cl3N7O5. The van der Waals surface area contributed by atoms with Gasteiger partial charge in [-0.25, -0.2) is 4.98 Å². The number of carbonyl (C=O) groups is 3. The average molecular weight is 765 g/mol. The number of piperazine rings is 1. The van der Waals surface area contributed by atoms with Crippen molar-refractivity contribution in [3.8, 4) is 11.5 Å². The molecule has 4 aromatic rings. The number of hydrogen-bond acceptors (Lipinski definition) is 8. The molecule has 3 amide bonds. The topological polar surface area (TPSA) is 146 Å². The van der Waals surface area contributed by atoms with E-state index in [1.165, 1.54) is 7.11 Å². The van der Waals surface area contributed by atoms with Crippen molar-refractivity contribution in [3.63, 3.8) is 0 Å². The van der Waals surface area contributed by atoms with Gasteiger partial charge in [0.1, 0.15) is 22.8 Å². The number of imidazole rings is 1. The Morgan fingerprint density at radius 2 is 1.71 bits per heavy atom. The van der Waals surface area contributed by atoms with Crippen molar-refractivity contribution in [3.05, 3.63) is 77.1 Å². The van der Waals surface area contributed by atoms with E-state index in [1.807, 2.05) is 36.1 Å². The summed E-state index contributed by atoms with van der Waals surface area (Å²) in [7, 11) is 5.27. The number of amides is 3. The van der Waals surface area contributed by atoms with Crippen LogP contribution in [0.4, 0.5) is 11.4 Å². The summed E-state index contributed by atoms with van der Waals surface area (Å²) in [5, 5.41) is 2.88. The average Bonchev–Trinajstić information content (AvgIpc) is 3.53. The van der Waals surface area contributed by atoms with Crippen molar-refractivity contribution >= 4 is 77.4 Å². The zero-order valence-electron chi connectivity index (χ0n) is 29.4. The van der Waals surface area contributed by atoms with Crippen LogP contribution in [-0.2, 0) is 11.3 Å². The molecule has 1 aromatic heterocycles. The summed E-state index contributed by atoms with van der Waals surface area (Å²) in [5.41, 5.74) is 9.79. The highest BCUT2D eigenvalue weighted by Crippen LogP contribution is 2.32. The predicted molar refractivity (Wildman–Crippen MR) is 209 cm³/mol. The summed E-state index contributed by atoms with van der Waals surface area (Å²) in [6.07, 6.45) is 3.05. The van der Waals surface area contributed by atoms with Gasteiger partial charge in [0, 0.05) is 45.2 Å². The lowest BCUT2D eigenvalue weighted by Crippen LogP contribution is -2.47. The standard InChI is InChI=1S/C36H45N7O5.3ClH/c1-24-12-15-29(31(21-24)48-20-7-5-6-11-33(44)43-18-16-41(2)17-19-43)42(3)36(46)25-13-14-27(30(22-25)47-4)39-35(45)26-9-8-10-28-34(26)40-32(23-37)38-28;;;/h8-10,12-15,21-22H,5-7,11,16-20,23,37H2,1-4H3,(H,38,40)(H,39,45);3*1H. The maximum absolute atomic E-state index is 13.7. The fraction of sp³-hybridized carbons (Fsp3) is 0.389. The molecular weight excluding hydrogens is 717 g/mol. The Morgan fingerprint density at radius 1 is 0.961 bits per heavy atom. The number of para-hydroxylation sites is 1. The van der Waals surface area contributed by atoms with Gasteiger partial charge in [0.25, 0.3) is 11.8 Å². The number of ether oxygens (including phenoxy) is 2. The Kier molecular flexibility index (Phi) is 17.0. The van der Waals surface area contributed by atoms with E-state index in [4.69, 9.17) is 15.2 Å². The van der Waals surface area contributed by atoms with Gasteiger partial charge in [0.2, 0.25) is 5.91 Å². The Hall–Kier alpha value is -4.07. The second kappa shape index (κ2) is 20.1. The molecule has 1 saturated heterocycles. The smallest absolute Gasteiger partial charge is 0.258 e. The second-order valence-electron chi connectivity index (χ2n) is 12.1. The van der Waals surface area contributed by atoms with Crippen LogP contribution in [0.5, 0.6) is 11.5 Å². The van der Waals surface area contributed by atoms with E-state index in [0.717, 1.165) is 51.0 Å². The van der Waals surface area contributed by atoms with E-state index < -0.39 is 0 Å². The van der Waals surface area contributed by atoms with Gasteiger partial charge in [-0.3, -0.25) is 14.4 Å². The zero-order valence-corrected chi connectivity index (χ0v) is 31.8. The number of nitrogens with two attached hydrogens (primary N) is 1. The zero-order chi connectivity index (χ0) is 34.2. The second-order valence-corrected chi connectivity index (χ2v) is 12.1. The van der Waals surface area contributed by atoms with E-state index >= 15 is 0 Å². The van der Waals surface area contributed by atoms with Crippen LogP contribution < -0.4 is 25.4 Å². The number of fused-ring (bicyclic) bond motifs is 1. The van der Waals surface area contributed by atoms with Crippen molar-refractivity contribution in [1.82, 2.24) is 19.8 Å². The SMILES string of the molecule is COc1cc(C(=O)N(C)c2ccc(C)cc2OCCCCCC(=O)N2CCN(C)CC2)ccc1NC(=O)c1cccc2[nH]c(CN)nc12.Cl.Cl.Cl. The summed E-state index contributed by atoms with van der Waals surface area (Å²) < 4.78 is 11.7. The van der Waals surface area contributed by atoms with Crippen LogP contribution in [0.3, 0.4) is 0 Å². The summed E-state index contributed by atoms with van der Waals surface area (Å²) in [4.78, 5) is 52.8. The number of hydrogen-bond donors (Lipinski definition) is 3. The first-order chi connectivity index (χ1) is 23.2. The molecule has 2 heterocycles. The number of H-pyrrole nitrogens is 1. The number of benzene rings is 3. The third-order valence-corrected chi connectivity index (χ3v) is 8.63. The highest BCUT2D eigenvalue weighted by atomic mass is 35.5. The Bertz CT molecular complexity index is 1780. The van der Waals surface area contributed by atoms with Crippen LogP contribution in [0.1, 0.15) is 57.8 Å². The monoisotopic (exact) mass is 763 g/mol.